The summed E-state index contributed by atoms with van der Waals surface area (Å²) < 4.78 is 79.5. The Labute approximate surface area is 161 Å². The molecule has 0 aliphatic heterocycles. The molecule has 1 heterocycles. The van der Waals surface area contributed by atoms with Gasteiger partial charge >= 0.3 is 12.4 Å². The molecule has 0 radical (unpaired) electrons. The monoisotopic (exact) mass is 461 g/mol. The molecule has 12 heteroatoms. The van der Waals surface area contributed by atoms with E-state index < -0.39 is 59.9 Å². The summed E-state index contributed by atoms with van der Waals surface area (Å²) in [6.07, 6.45) is -10.0. The van der Waals surface area contributed by atoms with Crippen molar-refractivity contribution in [2.45, 2.75) is 12.4 Å². The molecule has 0 atom stereocenters. The summed E-state index contributed by atoms with van der Waals surface area (Å²) in [6.45, 7) is 0. The molecule has 0 unspecified atom stereocenters. The first kappa shape index (κ1) is 20.7. The maximum atomic E-state index is 13.3. The second kappa shape index (κ2) is 6.85. The van der Waals surface area contributed by atoms with E-state index in [0.29, 0.717) is 12.3 Å². The van der Waals surface area contributed by atoms with Gasteiger partial charge in [0.05, 0.1) is 30.7 Å². The lowest BCUT2D eigenvalue weighted by Gasteiger charge is -2.20. The zero-order valence-electron chi connectivity index (χ0n) is 11.3. The highest BCUT2D eigenvalue weighted by Crippen LogP contribution is 2.52. The Morgan fingerprint density at radius 1 is 0.640 bits per heavy atom. The van der Waals surface area contributed by atoms with Crippen LogP contribution in [0, 0.1) is 0 Å². The van der Waals surface area contributed by atoms with Gasteiger partial charge in [-0.05, 0) is 6.07 Å². The van der Waals surface area contributed by atoms with Crippen molar-refractivity contribution in [2.75, 3.05) is 0 Å². The Bertz CT molecular complexity index is 785. The molecule has 0 saturated heterocycles. The number of hydrogen-bond acceptors (Lipinski definition) is 1. The van der Waals surface area contributed by atoms with Crippen LogP contribution in [-0.2, 0) is 12.4 Å². The molecule has 0 N–H and O–H groups in total. The minimum Gasteiger partial charge on any atom is -0.251 e. The van der Waals surface area contributed by atoms with Crippen molar-refractivity contribution in [3.63, 3.8) is 0 Å². The summed E-state index contributed by atoms with van der Waals surface area (Å²) in [7, 11) is 0. The van der Waals surface area contributed by atoms with Gasteiger partial charge in [-0.3, -0.25) is 4.98 Å². The van der Waals surface area contributed by atoms with E-state index in [1.54, 1.807) is 0 Å². The van der Waals surface area contributed by atoms with E-state index in [1.807, 2.05) is 0 Å². The highest BCUT2D eigenvalue weighted by atomic mass is 35.5. The molecule has 136 valence electrons. The van der Waals surface area contributed by atoms with Crippen molar-refractivity contribution in [3.8, 4) is 11.1 Å². The molecule has 0 amide bonds. The third-order valence-electron chi connectivity index (χ3n) is 2.98. The van der Waals surface area contributed by atoms with Crippen molar-refractivity contribution >= 4 is 58.0 Å². The molecule has 2 rings (SSSR count). The van der Waals surface area contributed by atoms with Crippen LogP contribution in [0.1, 0.15) is 11.3 Å². The Morgan fingerprint density at radius 3 is 1.48 bits per heavy atom. The number of pyridine rings is 1. The molecule has 0 fully saturated rings. The van der Waals surface area contributed by atoms with Crippen molar-refractivity contribution in [1.29, 1.82) is 0 Å². The average molecular weight is 463 g/mol. The van der Waals surface area contributed by atoms with E-state index in [9.17, 15) is 26.3 Å². The zero-order chi connectivity index (χ0) is 19.3. The smallest absolute Gasteiger partial charge is 0.251 e. The lowest BCUT2D eigenvalue weighted by atomic mass is 9.97. The molecule has 1 aromatic heterocycles. The second-order valence-electron chi connectivity index (χ2n) is 4.52. The first-order valence-corrected chi connectivity index (χ1v) is 7.82. The molecular weight excluding hydrogens is 461 g/mol. The van der Waals surface area contributed by atoms with E-state index in [0.717, 1.165) is 0 Å². The molecule has 25 heavy (non-hydrogen) atoms. The molecule has 1 nitrogen and oxygen atoms in total. The van der Waals surface area contributed by atoms with Crippen molar-refractivity contribution in [2.24, 2.45) is 0 Å². The maximum Gasteiger partial charge on any atom is 0.433 e. The van der Waals surface area contributed by atoms with E-state index >= 15 is 0 Å². The predicted molar refractivity (Wildman–Crippen MR) is 84.7 cm³/mol. The number of benzene rings is 1. The summed E-state index contributed by atoms with van der Waals surface area (Å²) in [5.74, 6) is 0. The fraction of sp³-hybridized carbons (Fsp3) is 0.154. The van der Waals surface area contributed by atoms with Gasteiger partial charge in [0.1, 0.15) is 0 Å². The standard InChI is InChI=1S/C13H2Cl5F6N/c14-6-5(7(15)9(17)10(18)8(6)16)4-3(12(19,20)21)1-2-25-11(4)13(22,23)24/h1-2H. The Morgan fingerprint density at radius 2 is 1.08 bits per heavy atom. The third kappa shape index (κ3) is 3.76. The lowest BCUT2D eigenvalue weighted by Crippen LogP contribution is -2.16. The molecule has 0 saturated carbocycles. The van der Waals surface area contributed by atoms with E-state index in [2.05, 4.69) is 4.98 Å². The molecule has 0 bridgehead atoms. The van der Waals surface area contributed by atoms with Gasteiger partial charge in [-0.1, -0.05) is 58.0 Å². The minimum absolute atomic E-state index is 0.355. The zero-order valence-corrected chi connectivity index (χ0v) is 15.0. The summed E-state index contributed by atoms with van der Waals surface area (Å²) >= 11 is 28.9. The first-order chi connectivity index (χ1) is 11.3. The van der Waals surface area contributed by atoms with Gasteiger partial charge in [-0.2, -0.15) is 26.3 Å². The highest BCUT2D eigenvalue weighted by molar-refractivity contribution is 6.56. The van der Waals surface area contributed by atoms with Crippen LogP contribution in [0.4, 0.5) is 26.3 Å². The van der Waals surface area contributed by atoms with Gasteiger partial charge in [0.25, 0.3) is 0 Å². The Kier molecular flexibility index (Phi) is 5.67. The van der Waals surface area contributed by atoms with Gasteiger partial charge in [-0.15, -0.1) is 0 Å². The van der Waals surface area contributed by atoms with E-state index in [4.69, 9.17) is 58.0 Å². The van der Waals surface area contributed by atoms with Gasteiger partial charge in [0, 0.05) is 17.3 Å². The summed E-state index contributed by atoms with van der Waals surface area (Å²) in [5, 5.41) is -2.93. The lowest BCUT2D eigenvalue weighted by molar-refractivity contribution is -0.144. The number of aromatic nitrogens is 1. The van der Waals surface area contributed by atoms with Crippen LogP contribution >= 0.6 is 58.0 Å². The summed E-state index contributed by atoms with van der Waals surface area (Å²) in [5.41, 5.74) is -5.76. The molecule has 0 aliphatic rings. The minimum atomic E-state index is -5.23. The van der Waals surface area contributed by atoms with Crippen molar-refractivity contribution < 1.29 is 26.3 Å². The maximum absolute atomic E-state index is 13.3. The van der Waals surface area contributed by atoms with Crippen LogP contribution in [0.15, 0.2) is 12.3 Å². The topological polar surface area (TPSA) is 12.9 Å². The van der Waals surface area contributed by atoms with Crippen LogP contribution in [0.3, 0.4) is 0 Å². The van der Waals surface area contributed by atoms with Crippen LogP contribution in [-0.4, -0.2) is 4.98 Å². The van der Waals surface area contributed by atoms with Crippen LogP contribution < -0.4 is 0 Å². The molecule has 2 aromatic rings. The van der Waals surface area contributed by atoms with Gasteiger partial charge in [-0.25, -0.2) is 0 Å². The van der Waals surface area contributed by atoms with Crippen molar-refractivity contribution in [3.05, 3.63) is 48.6 Å². The highest BCUT2D eigenvalue weighted by Gasteiger charge is 2.43. The van der Waals surface area contributed by atoms with Gasteiger partial charge < -0.3 is 0 Å². The second-order valence-corrected chi connectivity index (χ2v) is 6.41. The fourth-order valence-electron chi connectivity index (χ4n) is 1.99. The average Bonchev–Trinajstić information content (AvgIpc) is 2.49. The predicted octanol–water partition coefficient (Wildman–Crippen LogP) is 8.05. The van der Waals surface area contributed by atoms with E-state index in [1.165, 1.54) is 0 Å². The molecular formula is C13H2Cl5F6N. The summed E-state index contributed by atoms with van der Waals surface area (Å²) in [4.78, 5) is 3.00. The van der Waals surface area contributed by atoms with Crippen LogP contribution in [0.5, 0.6) is 0 Å². The molecule has 0 aliphatic carbocycles. The summed E-state index contributed by atoms with van der Waals surface area (Å²) in [6, 6.07) is 0.355. The van der Waals surface area contributed by atoms with Gasteiger partial charge in [0.15, 0.2) is 5.69 Å². The van der Waals surface area contributed by atoms with Crippen molar-refractivity contribution in [1.82, 2.24) is 4.98 Å². The van der Waals surface area contributed by atoms with E-state index in [-0.39, 0.29) is 0 Å². The number of halogens is 11. The first-order valence-electron chi connectivity index (χ1n) is 5.93. The number of rotatable bonds is 1. The van der Waals surface area contributed by atoms with Crippen LogP contribution in [0.25, 0.3) is 11.1 Å². The Hall–Kier alpha value is -0.600. The van der Waals surface area contributed by atoms with Gasteiger partial charge in [0.2, 0.25) is 0 Å². The third-order valence-corrected chi connectivity index (χ3v) is 5.26. The molecule has 1 aromatic carbocycles. The quantitative estimate of drug-likeness (QED) is 0.237. The number of hydrogen-bond donors (Lipinski definition) is 0. The molecule has 0 spiro atoms. The SMILES string of the molecule is FC(F)(F)c1ccnc(C(F)(F)F)c1-c1c(Cl)c(Cl)c(Cl)c(Cl)c1Cl. The fourth-order valence-corrected chi connectivity index (χ4v) is 3.32. The number of nitrogens with zero attached hydrogens (tertiary/aromatic N) is 1. The largest absolute Gasteiger partial charge is 0.433 e. The Balaban J connectivity index is 3.08. The number of alkyl halides is 6. The van der Waals surface area contributed by atoms with Crippen LogP contribution in [0.2, 0.25) is 25.1 Å². The normalized spacial score (nSPS) is 12.6.